The molecule has 3 heteroatoms. The fraction of sp³-hybridized carbons (Fsp3) is 0.562. The van der Waals surface area contributed by atoms with Gasteiger partial charge in [-0.05, 0) is 24.4 Å². The van der Waals surface area contributed by atoms with Crippen LogP contribution in [0.4, 0.5) is 0 Å². The Morgan fingerprint density at radius 2 is 1.89 bits per heavy atom. The Bertz CT molecular complexity index is 364. The maximum absolute atomic E-state index is 11.8. The normalized spacial score (nSPS) is 13.8. The zero-order valence-electron chi connectivity index (χ0n) is 12.3. The fourth-order valence-corrected chi connectivity index (χ4v) is 1.99. The average Bonchev–Trinajstić information content (AvgIpc) is 2.45. The third kappa shape index (κ3) is 5.88. The van der Waals surface area contributed by atoms with Gasteiger partial charge < -0.3 is 10.6 Å². The Hall–Kier alpha value is -1.35. The molecule has 1 rings (SSSR count). The number of hydrogen-bond donors (Lipinski definition) is 2. The van der Waals surface area contributed by atoms with Gasteiger partial charge in [0.2, 0.25) is 5.91 Å². The minimum absolute atomic E-state index is 0.0342. The Labute approximate surface area is 116 Å². The molecule has 0 aliphatic carbocycles. The number of rotatable bonds is 8. The Morgan fingerprint density at radius 1 is 1.21 bits per heavy atom. The van der Waals surface area contributed by atoms with Crippen molar-refractivity contribution >= 4 is 5.91 Å². The van der Waals surface area contributed by atoms with E-state index in [4.69, 9.17) is 0 Å². The number of carbonyl (C=O) groups is 1. The van der Waals surface area contributed by atoms with Gasteiger partial charge in [0.1, 0.15) is 0 Å². The molecule has 2 atom stereocenters. The zero-order chi connectivity index (χ0) is 14.1. The van der Waals surface area contributed by atoms with Crippen LogP contribution >= 0.6 is 0 Å². The highest BCUT2D eigenvalue weighted by atomic mass is 16.1. The van der Waals surface area contributed by atoms with Gasteiger partial charge in [-0.1, -0.05) is 51.1 Å². The van der Waals surface area contributed by atoms with Crippen molar-refractivity contribution < 1.29 is 4.79 Å². The Kier molecular flexibility index (Phi) is 7.19. The molecular weight excluding hydrogens is 236 g/mol. The second kappa shape index (κ2) is 8.70. The molecule has 106 valence electrons. The van der Waals surface area contributed by atoms with E-state index in [2.05, 4.69) is 41.8 Å². The summed E-state index contributed by atoms with van der Waals surface area (Å²) in [5, 5.41) is 6.21. The quantitative estimate of drug-likeness (QED) is 0.756. The first kappa shape index (κ1) is 15.7. The molecule has 0 saturated carbocycles. The maximum atomic E-state index is 11.8. The van der Waals surface area contributed by atoms with Gasteiger partial charge in [0.25, 0.3) is 0 Å². The van der Waals surface area contributed by atoms with Gasteiger partial charge in [-0.25, -0.2) is 0 Å². The molecule has 0 spiro atoms. The lowest BCUT2D eigenvalue weighted by molar-refractivity contribution is -0.124. The molecule has 0 aliphatic heterocycles. The van der Waals surface area contributed by atoms with Gasteiger partial charge in [0.15, 0.2) is 0 Å². The van der Waals surface area contributed by atoms with Crippen LogP contribution in [0.25, 0.3) is 0 Å². The van der Waals surface area contributed by atoms with Crippen molar-refractivity contribution in [1.29, 1.82) is 0 Å². The smallest absolute Gasteiger partial charge is 0.224 e. The largest absolute Gasteiger partial charge is 0.356 e. The summed E-state index contributed by atoms with van der Waals surface area (Å²) in [5.41, 5.74) is 1.33. The SMILES string of the molecule is CCNCC(C)C(=O)NCCC(C)c1ccccc1. The predicted molar refractivity (Wildman–Crippen MR) is 80.2 cm³/mol. The molecule has 1 aromatic carbocycles. The van der Waals surface area contributed by atoms with E-state index >= 15 is 0 Å². The van der Waals surface area contributed by atoms with E-state index in [9.17, 15) is 4.79 Å². The van der Waals surface area contributed by atoms with Crippen LogP contribution in [0.3, 0.4) is 0 Å². The molecule has 1 aromatic rings. The summed E-state index contributed by atoms with van der Waals surface area (Å²) >= 11 is 0. The van der Waals surface area contributed by atoms with E-state index in [1.807, 2.05) is 19.9 Å². The van der Waals surface area contributed by atoms with Crippen molar-refractivity contribution in [3.05, 3.63) is 35.9 Å². The summed E-state index contributed by atoms with van der Waals surface area (Å²) in [6.45, 7) is 8.60. The summed E-state index contributed by atoms with van der Waals surface area (Å²) in [6, 6.07) is 10.4. The third-order valence-corrected chi connectivity index (χ3v) is 3.39. The van der Waals surface area contributed by atoms with Crippen molar-refractivity contribution in [3.8, 4) is 0 Å². The molecule has 0 aromatic heterocycles. The van der Waals surface area contributed by atoms with E-state index in [-0.39, 0.29) is 11.8 Å². The van der Waals surface area contributed by atoms with E-state index in [0.29, 0.717) is 5.92 Å². The van der Waals surface area contributed by atoms with E-state index in [1.54, 1.807) is 0 Å². The number of hydrogen-bond acceptors (Lipinski definition) is 2. The summed E-state index contributed by atoms with van der Waals surface area (Å²) in [4.78, 5) is 11.8. The van der Waals surface area contributed by atoms with Gasteiger partial charge >= 0.3 is 0 Å². The van der Waals surface area contributed by atoms with E-state index in [1.165, 1.54) is 5.56 Å². The molecular formula is C16H26N2O. The van der Waals surface area contributed by atoms with E-state index in [0.717, 1.165) is 26.1 Å². The lowest BCUT2D eigenvalue weighted by Gasteiger charge is -2.15. The van der Waals surface area contributed by atoms with E-state index < -0.39 is 0 Å². The lowest BCUT2D eigenvalue weighted by Crippen LogP contribution is -2.36. The second-order valence-corrected chi connectivity index (χ2v) is 5.10. The molecule has 2 N–H and O–H groups in total. The van der Waals surface area contributed by atoms with Gasteiger partial charge in [-0.15, -0.1) is 0 Å². The standard InChI is InChI=1S/C16H26N2O/c1-4-17-12-14(3)16(19)18-11-10-13(2)15-8-6-5-7-9-15/h5-9,13-14,17H,4,10-12H2,1-3H3,(H,18,19). The van der Waals surface area contributed by atoms with Crippen molar-refractivity contribution in [2.24, 2.45) is 5.92 Å². The highest BCUT2D eigenvalue weighted by molar-refractivity contribution is 5.78. The summed E-state index contributed by atoms with van der Waals surface area (Å²) in [5.74, 6) is 0.652. The first-order valence-corrected chi connectivity index (χ1v) is 7.18. The second-order valence-electron chi connectivity index (χ2n) is 5.10. The van der Waals surface area contributed by atoms with Crippen LogP contribution in [0.2, 0.25) is 0 Å². The van der Waals surface area contributed by atoms with Crippen LogP contribution < -0.4 is 10.6 Å². The molecule has 0 saturated heterocycles. The first-order valence-electron chi connectivity index (χ1n) is 7.18. The van der Waals surface area contributed by atoms with Crippen LogP contribution in [0.15, 0.2) is 30.3 Å². The molecule has 19 heavy (non-hydrogen) atoms. The summed E-state index contributed by atoms with van der Waals surface area (Å²) < 4.78 is 0. The minimum Gasteiger partial charge on any atom is -0.356 e. The molecule has 0 bridgehead atoms. The van der Waals surface area contributed by atoms with Crippen molar-refractivity contribution in [3.63, 3.8) is 0 Å². The summed E-state index contributed by atoms with van der Waals surface area (Å²) in [7, 11) is 0. The highest BCUT2D eigenvalue weighted by Crippen LogP contribution is 2.17. The molecule has 0 fully saturated rings. The lowest BCUT2D eigenvalue weighted by atomic mass is 9.98. The van der Waals surface area contributed by atoms with Crippen LogP contribution in [0.1, 0.15) is 38.7 Å². The van der Waals surface area contributed by atoms with Crippen LogP contribution in [-0.4, -0.2) is 25.5 Å². The number of carbonyl (C=O) groups excluding carboxylic acids is 1. The molecule has 3 nitrogen and oxygen atoms in total. The highest BCUT2D eigenvalue weighted by Gasteiger charge is 2.12. The Morgan fingerprint density at radius 3 is 2.53 bits per heavy atom. The number of benzene rings is 1. The van der Waals surface area contributed by atoms with Gasteiger partial charge in [-0.2, -0.15) is 0 Å². The number of amides is 1. The van der Waals surface area contributed by atoms with Gasteiger partial charge in [0.05, 0.1) is 0 Å². The predicted octanol–water partition coefficient (Wildman–Crippen LogP) is 2.54. The topological polar surface area (TPSA) is 41.1 Å². The van der Waals surface area contributed by atoms with Crippen LogP contribution in [-0.2, 0) is 4.79 Å². The molecule has 1 amide bonds. The van der Waals surface area contributed by atoms with Crippen LogP contribution in [0.5, 0.6) is 0 Å². The van der Waals surface area contributed by atoms with Crippen LogP contribution in [0, 0.1) is 5.92 Å². The Balaban J connectivity index is 2.24. The van der Waals surface area contributed by atoms with Crippen molar-refractivity contribution in [2.75, 3.05) is 19.6 Å². The van der Waals surface area contributed by atoms with Crippen molar-refractivity contribution in [1.82, 2.24) is 10.6 Å². The monoisotopic (exact) mass is 262 g/mol. The zero-order valence-corrected chi connectivity index (χ0v) is 12.3. The fourth-order valence-electron chi connectivity index (χ4n) is 1.99. The summed E-state index contributed by atoms with van der Waals surface area (Å²) in [6.07, 6.45) is 0.976. The molecule has 0 heterocycles. The molecule has 2 unspecified atom stereocenters. The van der Waals surface area contributed by atoms with Gasteiger partial charge in [0, 0.05) is 19.0 Å². The molecule has 0 radical (unpaired) electrons. The van der Waals surface area contributed by atoms with Crippen molar-refractivity contribution in [2.45, 2.75) is 33.1 Å². The first-order chi connectivity index (χ1) is 9.15. The minimum atomic E-state index is 0.0342. The molecule has 0 aliphatic rings. The third-order valence-electron chi connectivity index (χ3n) is 3.39. The number of nitrogens with one attached hydrogen (secondary N) is 2. The van der Waals surface area contributed by atoms with Gasteiger partial charge in [-0.3, -0.25) is 4.79 Å². The average molecular weight is 262 g/mol. The maximum Gasteiger partial charge on any atom is 0.224 e.